The first kappa shape index (κ1) is 9.62. The van der Waals surface area contributed by atoms with Gasteiger partial charge in [0, 0.05) is 6.04 Å². The predicted molar refractivity (Wildman–Crippen MR) is 58.8 cm³/mol. The summed E-state index contributed by atoms with van der Waals surface area (Å²) in [5.41, 5.74) is 0. The van der Waals surface area contributed by atoms with E-state index < -0.39 is 0 Å². The van der Waals surface area contributed by atoms with Gasteiger partial charge < -0.3 is 4.42 Å². The van der Waals surface area contributed by atoms with Crippen molar-refractivity contribution in [3.05, 3.63) is 22.6 Å². The van der Waals surface area contributed by atoms with E-state index in [0.29, 0.717) is 11.4 Å². The van der Waals surface area contributed by atoms with Crippen LogP contribution in [0.15, 0.2) is 21.2 Å². The zero-order valence-corrected chi connectivity index (χ0v) is 9.82. The molecular formula is C9H12BrNOS. The van der Waals surface area contributed by atoms with E-state index in [-0.39, 0.29) is 0 Å². The van der Waals surface area contributed by atoms with Crippen LogP contribution in [0.5, 0.6) is 0 Å². The van der Waals surface area contributed by atoms with Gasteiger partial charge in [0.2, 0.25) is 0 Å². The minimum Gasteiger partial charge on any atom is -0.466 e. The van der Waals surface area contributed by atoms with Gasteiger partial charge in [-0.3, -0.25) is 5.32 Å². The molecule has 4 heteroatoms. The van der Waals surface area contributed by atoms with Crippen LogP contribution in [0.1, 0.15) is 24.5 Å². The van der Waals surface area contributed by atoms with E-state index >= 15 is 0 Å². The van der Waals surface area contributed by atoms with Crippen LogP contribution in [-0.4, -0.2) is 11.8 Å². The fourth-order valence-corrected chi connectivity index (χ4v) is 3.37. The molecule has 0 spiro atoms. The zero-order valence-electron chi connectivity index (χ0n) is 7.42. The Kier molecular flexibility index (Phi) is 3.01. The highest BCUT2D eigenvalue weighted by Crippen LogP contribution is 2.35. The molecule has 72 valence electrons. The Morgan fingerprint density at radius 2 is 2.54 bits per heavy atom. The summed E-state index contributed by atoms with van der Waals surface area (Å²) in [6.07, 6.45) is 2.96. The lowest BCUT2D eigenvalue weighted by atomic mass is 10.2. The lowest BCUT2D eigenvalue weighted by Crippen LogP contribution is -2.33. The molecule has 13 heavy (non-hydrogen) atoms. The molecule has 1 aliphatic heterocycles. The van der Waals surface area contributed by atoms with Crippen molar-refractivity contribution in [2.24, 2.45) is 0 Å². The van der Waals surface area contributed by atoms with Crippen molar-refractivity contribution in [1.29, 1.82) is 0 Å². The Morgan fingerprint density at radius 3 is 3.15 bits per heavy atom. The molecule has 1 aromatic rings. The van der Waals surface area contributed by atoms with Gasteiger partial charge in [-0.15, -0.1) is 11.8 Å². The molecule has 0 aliphatic carbocycles. The molecule has 2 rings (SSSR count). The fraction of sp³-hybridized carbons (Fsp3) is 0.556. The van der Waals surface area contributed by atoms with Crippen molar-refractivity contribution in [3.63, 3.8) is 0 Å². The smallest absolute Gasteiger partial charge is 0.145 e. The third-order valence-corrected chi connectivity index (χ3v) is 3.96. The Labute approximate surface area is 90.6 Å². The Bertz CT molecular complexity index is 289. The molecule has 1 saturated heterocycles. The maximum Gasteiger partial charge on any atom is 0.145 e. The van der Waals surface area contributed by atoms with Crippen LogP contribution in [0.4, 0.5) is 0 Å². The van der Waals surface area contributed by atoms with Crippen LogP contribution in [0.2, 0.25) is 0 Å². The van der Waals surface area contributed by atoms with E-state index in [1.165, 1.54) is 12.2 Å². The molecule has 2 heterocycles. The quantitative estimate of drug-likeness (QED) is 0.841. The number of thioether (sulfide) groups is 1. The Hall–Kier alpha value is 0.0700. The fourth-order valence-electron chi connectivity index (χ4n) is 1.40. The number of hydrogen-bond donors (Lipinski definition) is 1. The van der Waals surface area contributed by atoms with Crippen molar-refractivity contribution >= 4 is 27.7 Å². The summed E-state index contributed by atoms with van der Waals surface area (Å²) in [4.78, 5) is 0. The van der Waals surface area contributed by atoms with Crippen molar-refractivity contribution in [2.75, 3.05) is 5.75 Å². The summed E-state index contributed by atoms with van der Waals surface area (Å²) in [5.74, 6) is 2.21. The van der Waals surface area contributed by atoms with E-state index in [1.807, 2.05) is 17.8 Å². The van der Waals surface area contributed by atoms with Crippen LogP contribution < -0.4 is 5.32 Å². The largest absolute Gasteiger partial charge is 0.466 e. The lowest BCUT2D eigenvalue weighted by molar-refractivity contribution is 0.432. The molecule has 0 radical (unpaired) electrons. The first-order valence-electron chi connectivity index (χ1n) is 4.38. The zero-order chi connectivity index (χ0) is 9.26. The number of hydrogen-bond acceptors (Lipinski definition) is 3. The maximum atomic E-state index is 5.42. The molecule has 1 N–H and O–H groups in total. The van der Waals surface area contributed by atoms with Gasteiger partial charge in [-0.25, -0.2) is 0 Å². The summed E-state index contributed by atoms with van der Waals surface area (Å²) >= 11 is 5.38. The van der Waals surface area contributed by atoms with Gasteiger partial charge in [-0.2, -0.15) is 0 Å². The molecule has 1 aromatic heterocycles. The van der Waals surface area contributed by atoms with Gasteiger partial charge in [0.05, 0.1) is 10.7 Å². The van der Waals surface area contributed by atoms with Crippen molar-refractivity contribution < 1.29 is 4.42 Å². The van der Waals surface area contributed by atoms with Gasteiger partial charge in [0.1, 0.15) is 11.1 Å². The third-order valence-electron chi connectivity index (χ3n) is 2.15. The Morgan fingerprint density at radius 1 is 1.69 bits per heavy atom. The number of rotatable bonds is 1. The molecule has 2 atom stereocenters. The van der Waals surface area contributed by atoms with Crippen molar-refractivity contribution in [3.8, 4) is 0 Å². The molecule has 0 aromatic carbocycles. The van der Waals surface area contributed by atoms with Crippen LogP contribution in [0.3, 0.4) is 0 Å². The van der Waals surface area contributed by atoms with E-state index in [9.17, 15) is 0 Å². The second-order valence-electron chi connectivity index (χ2n) is 3.24. The van der Waals surface area contributed by atoms with Crippen LogP contribution >= 0.6 is 27.7 Å². The number of furan rings is 1. The van der Waals surface area contributed by atoms with Crippen LogP contribution in [-0.2, 0) is 0 Å². The first-order chi connectivity index (χ1) is 6.27. The molecule has 1 aliphatic rings. The summed E-state index contributed by atoms with van der Waals surface area (Å²) in [6, 6.07) is 2.53. The van der Waals surface area contributed by atoms with Crippen LogP contribution in [0.25, 0.3) is 0 Å². The highest BCUT2D eigenvalue weighted by atomic mass is 79.9. The second kappa shape index (κ2) is 4.07. The summed E-state index contributed by atoms with van der Waals surface area (Å²) in [7, 11) is 0. The number of nitrogens with one attached hydrogen (secondary N) is 1. The highest BCUT2D eigenvalue weighted by molar-refractivity contribution is 9.10. The number of halogens is 1. The minimum atomic E-state index is 0.313. The minimum absolute atomic E-state index is 0.313. The molecule has 2 unspecified atom stereocenters. The summed E-state index contributed by atoms with van der Waals surface area (Å²) in [6.45, 7) is 2.21. The van der Waals surface area contributed by atoms with Gasteiger partial charge in [0.15, 0.2) is 0 Å². The van der Waals surface area contributed by atoms with E-state index in [2.05, 4.69) is 28.2 Å². The average molecular weight is 262 g/mol. The van der Waals surface area contributed by atoms with Gasteiger partial charge in [-0.1, -0.05) is 0 Å². The van der Waals surface area contributed by atoms with Crippen molar-refractivity contribution in [2.45, 2.75) is 24.8 Å². The predicted octanol–water partition coefficient (Wildman–Crippen LogP) is 3.16. The second-order valence-corrected chi connectivity index (χ2v) is 5.31. The first-order valence-corrected chi connectivity index (χ1v) is 6.22. The molecule has 0 amide bonds. The standard InChI is InChI=1S/C9H12BrNOS/c1-6-3-5-13-9(11-6)8-7(10)2-4-12-8/h2,4,6,9,11H,3,5H2,1H3. The monoisotopic (exact) mass is 261 g/mol. The topological polar surface area (TPSA) is 25.2 Å². The SMILES string of the molecule is CC1CCSC(c2occc2Br)N1. The average Bonchev–Trinajstić information content (AvgIpc) is 2.51. The summed E-state index contributed by atoms with van der Waals surface area (Å²) < 4.78 is 6.48. The summed E-state index contributed by atoms with van der Waals surface area (Å²) in [5, 5.41) is 3.81. The van der Waals surface area contributed by atoms with E-state index in [0.717, 1.165) is 10.2 Å². The van der Waals surface area contributed by atoms with Gasteiger partial charge in [0.25, 0.3) is 0 Å². The third kappa shape index (κ3) is 2.11. The lowest BCUT2D eigenvalue weighted by Gasteiger charge is -2.27. The maximum absolute atomic E-state index is 5.42. The van der Waals surface area contributed by atoms with Gasteiger partial charge in [-0.05, 0) is 41.1 Å². The van der Waals surface area contributed by atoms with Crippen molar-refractivity contribution in [1.82, 2.24) is 5.32 Å². The molecular weight excluding hydrogens is 250 g/mol. The molecule has 0 saturated carbocycles. The van der Waals surface area contributed by atoms with E-state index in [1.54, 1.807) is 6.26 Å². The Balaban J connectivity index is 2.12. The van der Waals surface area contributed by atoms with Gasteiger partial charge >= 0.3 is 0 Å². The highest BCUT2D eigenvalue weighted by Gasteiger charge is 2.23. The molecule has 1 fully saturated rings. The van der Waals surface area contributed by atoms with E-state index in [4.69, 9.17) is 4.42 Å². The molecule has 2 nitrogen and oxygen atoms in total. The van der Waals surface area contributed by atoms with Crippen LogP contribution in [0, 0.1) is 0 Å². The normalized spacial score (nSPS) is 29.1. The molecule has 0 bridgehead atoms.